The van der Waals surface area contributed by atoms with Crippen LogP contribution in [-0.4, -0.2) is 19.7 Å². The van der Waals surface area contributed by atoms with Gasteiger partial charge in [0.2, 0.25) is 0 Å². The number of hydrogen-bond acceptors (Lipinski definition) is 3. The molecule has 0 amide bonds. The third kappa shape index (κ3) is 3.16. The lowest BCUT2D eigenvalue weighted by molar-refractivity contribution is 0.0600. The van der Waals surface area contributed by atoms with Crippen molar-refractivity contribution in [2.75, 3.05) is 13.7 Å². The van der Waals surface area contributed by atoms with Crippen molar-refractivity contribution < 1.29 is 14.3 Å². The lowest BCUT2D eigenvalue weighted by Gasteiger charge is -2.21. The molecule has 1 aromatic rings. The van der Waals surface area contributed by atoms with E-state index in [1.807, 2.05) is 13.0 Å². The average molecular weight is 271 g/mol. The number of hydrogen-bond donors (Lipinski definition) is 0. The SMILES string of the molecule is CCOc1cc(C(C)(C)C)cc(C(=O)OC)c1Cl. The maximum Gasteiger partial charge on any atom is 0.339 e. The van der Waals surface area contributed by atoms with E-state index in [2.05, 4.69) is 20.8 Å². The summed E-state index contributed by atoms with van der Waals surface area (Å²) in [6.07, 6.45) is 0. The first-order valence-electron chi connectivity index (χ1n) is 5.86. The maximum absolute atomic E-state index is 11.7. The Balaban J connectivity index is 3.41. The summed E-state index contributed by atoms with van der Waals surface area (Å²) in [5.41, 5.74) is 1.23. The zero-order valence-corrected chi connectivity index (χ0v) is 12.2. The molecule has 0 aliphatic rings. The van der Waals surface area contributed by atoms with Gasteiger partial charge in [0.05, 0.1) is 24.3 Å². The van der Waals surface area contributed by atoms with E-state index < -0.39 is 5.97 Å². The fraction of sp³-hybridized carbons (Fsp3) is 0.500. The predicted octanol–water partition coefficient (Wildman–Crippen LogP) is 3.82. The highest BCUT2D eigenvalue weighted by molar-refractivity contribution is 6.35. The average Bonchev–Trinajstić information content (AvgIpc) is 2.29. The summed E-state index contributed by atoms with van der Waals surface area (Å²) in [5, 5.41) is 0.303. The summed E-state index contributed by atoms with van der Waals surface area (Å²) >= 11 is 6.16. The minimum Gasteiger partial charge on any atom is -0.492 e. The van der Waals surface area contributed by atoms with Crippen LogP contribution in [0.25, 0.3) is 0 Å². The predicted molar refractivity (Wildman–Crippen MR) is 72.7 cm³/mol. The Morgan fingerprint density at radius 3 is 2.39 bits per heavy atom. The Hall–Kier alpha value is -1.22. The van der Waals surface area contributed by atoms with Crippen molar-refractivity contribution in [2.45, 2.75) is 33.1 Å². The summed E-state index contributed by atoms with van der Waals surface area (Å²) in [4.78, 5) is 11.7. The smallest absolute Gasteiger partial charge is 0.339 e. The van der Waals surface area contributed by atoms with Crippen molar-refractivity contribution in [3.05, 3.63) is 28.3 Å². The standard InChI is InChI=1S/C14H19ClO3/c1-6-18-11-8-9(14(2,3)4)7-10(12(11)15)13(16)17-5/h7-8H,6H2,1-5H3. The molecule has 0 radical (unpaired) electrons. The van der Waals surface area contributed by atoms with Gasteiger partial charge in [0.25, 0.3) is 0 Å². The number of halogens is 1. The van der Waals surface area contributed by atoms with Gasteiger partial charge in [-0.1, -0.05) is 32.4 Å². The van der Waals surface area contributed by atoms with Gasteiger partial charge in [-0.3, -0.25) is 0 Å². The summed E-state index contributed by atoms with van der Waals surface area (Å²) in [6.45, 7) is 8.55. The van der Waals surface area contributed by atoms with Crippen LogP contribution in [0.1, 0.15) is 43.6 Å². The number of methoxy groups -OCH3 is 1. The van der Waals surface area contributed by atoms with Crippen LogP contribution in [0.3, 0.4) is 0 Å². The van der Waals surface area contributed by atoms with E-state index in [1.165, 1.54) is 7.11 Å². The van der Waals surface area contributed by atoms with E-state index in [0.29, 0.717) is 22.9 Å². The quantitative estimate of drug-likeness (QED) is 0.783. The van der Waals surface area contributed by atoms with Crippen molar-refractivity contribution in [3.8, 4) is 5.75 Å². The van der Waals surface area contributed by atoms with E-state index >= 15 is 0 Å². The number of benzene rings is 1. The summed E-state index contributed by atoms with van der Waals surface area (Å²) in [6, 6.07) is 3.63. The summed E-state index contributed by atoms with van der Waals surface area (Å²) in [5.74, 6) is 0.0686. The molecule has 4 heteroatoms. The van der Waals surface area contributed by atoms with E-state index in [1.54, 1.807) is 6.07 Å². The van der Waals surface area contributed by atoms with Crippen LogP contribution in [0.4, 0.5) is 0 Å². The number of ether oxygens (including phenoxy) is 2. The second-order valence-corrected chi connectivity index (χ2v) is 5.39. The van der Waals surface area contributed by atoms with Gasteiger partial charge in [-0.2, -0.15) is 0 Å². The van der Waals surface area contributed by atoms with Gasteiger partial charge < -0.3 is 9.47 Å². The molecule has 0 aliphatic heterocycles. The first kappa shape index (κ1) is 14.8. The first-order chi connectivity index (χ1) is 8.31. The fourth-order valence-corrected chi connectivity index (χ4v) is 1.79. The molecule has 18 heavy (non-hydrogen) atoms. The summed E-state index contributed by atoms with van der Waals surface area (Å²) < 4.78 is 10.2. The summed E-state index contributed by atoms with van der Waals surface area (Å²) in [7, 11) is 1.34. The molecule has 0 heterocycles. The second kappa shape index (κ2) is 5.61. The number of esters is 1. The molecule has 0 saturated carbocycles. The number of carbonyl (C=O) groups excluding carboxylic acids is 1. The molecule has 0 aliphatic carbocycles. The van der Waals surface area contributed by atoms with Crippen molar-refractivity contribution >= 4 is 17.6 Å². The van der Waals surface area contributed by atoms with Gasteiger partial charge in [-0.15, -0.1) is 0 Å². The van der Waals surface area contributed by atoms with Crippen LogP contribution < -0.4 is 4.74 Å². The number of carbonyl (C=O) groups is 1. The molecular formula is C14H19ClO3. The van der Waals surface area contributed by atoms with Gasteiger partial charge >= 0.3 is 5.97 Å². The van der Waals surface area contributed by atoms with Gasteiger partial charge in [0.15, 0.2) is 0 Å². The molecule has 0 fully saturated rings. The highest BCUT2D eigenvalue weighted by Crippen LogP contribution is 2.35. The minimum absolute atomic E-state index is 0.0980. The number of rotatable bonds is 3. The van der Waals surface area contributed by atoms with Crippen molar-refractivity contribution in [1.82, 2.24) is 0 Å². The van der Waals surface area contributed by atoms with Crippen molar-refractivity contribution in [2.24, 2.45) is 0 Å². The lowest BCUT2D eigenvalue weighted by Crippen LogP contribution is -2.14. The largest absolute Gasteiger partial charge is 0.492 e. The normalized spacial score (nSPS) is 11.2. The van der Waals surface area contributed by atoms with Crippen LogP contribution in [0.2, 0.25) is 5.02 Å². The molecule has 1 aromatic carbocycles. The molecule has 100 valence electrons. The Morgan fingerprint density at radius 2 is 1.94 bits per heavy atom. The second-order valence-electron chi connectivity index (χ2n) is 5.01. The third-order valence-electron chi connectivity index (χ3n) is 2.61. The Kier molecular flexibility index (Phi) is 4.63. The molecular weight excluding hydrogens is 252 g/mol. The van der Waals surface area contributed by atoms with Crippen molar-refractivity contribution in [3.63, 3.8) is 0 Å². The Bertz CT molecular complexity index is 447. The van der Waals surface area contributed by atoms with E-state index in [4.69, 9.17) is 21.1 Å². The zero-order valence-electron chi connectivity index (χ0n) is 11.5. The first-order valence-corrected chi connectivity index (χ1v) is 6.24. The Morgan fingerprint density at radius 1 is 1.33 bits per heavy atom. The monoisotopic (exact) mass is 270 g/mol. The molecule has 0 saturated heterocycles. The van der Waals surface area contributed by atoms with Gasteiger partial charge in [0.1, 0.15) is 5.75 Å². The molecule has 0 bridgehead atoms. The lowest BCUT2D eigenvalue weighted by atomic mass is 9.86. The van der Waals surface area contributed by atoms with Crippen LogP contribution in [0.5, 0.6) is 5.75 Å². The minimum atomic E-state index is -0.452. The molecule has 0 spiro atoms. The maximum atomic E-state index is 11.7. The highest BCUT2D eigenvalue weighted by atomic mass is 35.5. The zero-order chi connectivity index (χ0) is 13.9. The van der Waals surface area contributed by atoms with Crippen LogP contribution in [0, 0.1) is 0 Å². The van der Waals surface area contributed by atoms with Gasteiger partial charge in [-0.25, -0.2) is 4.79 Å². The van der Waals surface area contributed by atoms with Crippen LogP contribution >= 0.6 is 11.6 Å². The topological polar surface area (TPSA) is 35.5 Å². The van der Waals surface area contributed by atoms with E-state index in [0.717, 1.165) is 5.56 Å². The Labute approximate surface area is 113 Å². The fourth-order valence-electron chi connectivity index (χ4n) is 1.55. The molecule has 0 atom stereocenters. The molecule has 3 nitrogen and oxygen atoms in total. The molecule has 0 aromatic heterocycles. The van der Waals surface area contributed by atoms with Crippen LogP contribution in [-0.2, 0) is 10.2 Å². The molecule has 0 N–H and O–H groups in total. The van der Waals surface area contributed by atoms with Gasteiger partial charge in [0, 0.05) is 0 Å². The highest BCUT2D eigenvalue weighted by Gasteiger charge is 2.22. The molecule has 1 rings (SSSR count). The van der Waals surface area contributed by atoms with Crippen molar-refractivity contribution in [1.29, 1.82) is 0 Å². The van der Waals surface area contributed by atoms with E-state index in [-0.39, 0.29) is 5.41 Å². The molecule has 0 unspecified atom stereocenters. The van der Waals surface area contributed by atoms with E-state index in [9.17, 15) is 4.79 Å². The van der Waals surface area contributed by atoms with Crippen LogP contribution in [0.15, 0.2) is 12.1 Å². The third-order valence-corrected chi connectivity index (χ3v) is 3.00. The van der Waals surface area contributed by atoms with Gasteiger partial charge in [-0.05, 0) is 30.0 Å².